The highest BCUT2D eigenvalue weighted by Gasteiger charge is 2.12. The second kappa shape index (κ2) is 6.99. The van der Waals surface area contributed by atoms with Crippen molar-refractivity contribution in [2.45, 2.75) is 12.5 Å². The van der Waals surface area contributed by atoms with Gasteiger partial charge in [0.1, 0.15) is 6.29 Å². The van der Waals surface area contributed by atoms with Crippen molar-refractivity contribution in [2.24, 2.45) is 5.73 Å². The maximum absolute atomic E-state index is 11.5. The lowest BCUT2D eigenvalue weighted by Gasteiger charge is -2.12. The minimum absolute atomic E-state index is 0.233. The van der Waals surface area contributed by atoms with Gasteiger partial charge in [0.15, 0.2) is 0 Å². The van der Waals surface area contributed by atoms with Gasteiger partial charge in [0.25, 0.3) is 0 Å². The van der Waals surface area contributed by atoms with E-state index in [1.165, 1.54) is 0 Å². The van der Waals surface area contributed by atoms with Crippen LogP contribution in [0.5, 0.6) is 0 Å². The smallest absolute Gasteiger partial charge is 0.131 e. The number of aromatic nitrogens is 1. The highest BCUT2D eigenvalue weighted by Crippen LogP contribution is 2.26. The molecule has 3 nitrogen and oxygen atoms in total. The summed E-state index contributed by atoms with van der Waals surface area (Å²) in [6.45, 7) is 0.442. The zero-order valence-corrected chi connectivity index (χ0v) is 12.7. The van der Waals surface area contributed by atoms with E-state index in [9.17, 15) is 4.79 Å². The van der Waals surface area contributed by atoms with E-state index in [0.717, 1.165) is 34.2 Å². The molecule has 1 unspecified atom stereocenters. The molecule has 23 heavy (non-hydrogen) atoms. The molecule has 0 saturated carbocycles. The molecule has 0 aliphatic heterocycles. The first-order valence-corrected chi connectivity index (χ1v) is 7.57. The van der Waals surface area contributed by atoms with E-state index in [2.05, 4.69) is 4.98 Å². The molecule has 1 atom stereocenters. The molecule has 3 heteroatoms. The lowest BCUT2D eigenvalue weighted by atomic mass is 9.91. The van der Waals surface area contributed by atoms with E-state index in [0.29, 0.717) is 6.54 Å². The largest absolute Gasteiger partial charge is 0.325 e. The van der Waals surface area contributed by atoms with Gasteiger partial charge in [-0.3, -0.25) is 4.98 Å². The fourth-order valence-electron chi connectivity index (χ4n) is 2.61. The minimum atomic E-state index is -0.233. The molecular formula is C20H18N2O. The molecule has 3 aromatic rings. The molecule has 0 saturated heterocycles. The standard InChI is InChI=1S/C20H18N2O/c21-12-19-11-10-18(13-22-19)15-6-8-17(9-7-15)20(14-23)16-4-2-1-3-5-16/h1-11,13-14,20H,12,21H2. The van der Waals surface area contributed by atoms with Gasteiger partial charge in [0.05, 0.1) is 11.6 Å². The Morgan fingerprint density at radius 1 is 0.870 bits per heavy atom. The number of nitrogens with two attached hydrogens (primary N) is 1. The third-order valence-electron chi connectivity index (χ3n) is 3.93. The Morgan fingerprint density at radius 3 is 2.09 bits per heavy atom. The number of pyridine rings is 1. The van der Waals surface area contributed by atoms with Gasteiger partial charge in [-0.15, -0.1) is 0 Å². The van der Waals surface area contributed by atoms with E-state index < -0.39 is 0 Å². The molecule has 1 aromatic heterocycles. The van der Waals surface area contributed by atoms with Crippen LogP contribution in [0, 0.1) is 0 Å². The molecule has 0 aliphatic rings. The fraction of sp³-hybridized carbons (Fsp3) is 0.100. The fourth-order valence-corrected chi connectivity index (χ4v) is 2.61. The molecule has 0 aliphatic carbocycles. The Morgan fingerprint density at radius 2 is 1.52 bits per heavy atom. The Labute approximate surface area is 135 Å². The first-order valence-electron chi connectivity index (χ1n) is 7.57. The Bertz CT molecular complexity index is 765. The van der Waals surface area contributed by atoms with Crippen molar-refractivity contribution < 1.29 is 4.79 Å². The predicted octanol–water partition coefficient (Wildman–Crippen LogP) is 3.54. The summed E-state index contributed by atoms with van der Waals surface area (Å²) in [6, 6.07) is 21.8. The maximum atomic E-state index is 11.5. The maximum Gasteiger partial charge on any atom is 0.131 e. The summed E-state index contributed by atoms with van der Waals surface area (Å²) >= 11 is 0. The van der Waals surface area contributed by atoms with E-state index in [4.69, 9.17) is 5.73 Å². The monoisotopic (exact) mass is 302 g/mol. The average molecular weight is 302 g/mol. The second-order valence-corrected chi connectivity index (χ2v) is 5.39. The molecule has 0 radical (unpaired) electrons. The summed E-state index contributed by atoms with van der Waals surface area (Å²) in [5.74, 6) is -0.233. The van der Waals surface area contributed by atoms with E-state index in [-0.39, 0.29) is 5.92 Å². The van der Waals surface area contributed by atoms with Crippen LogP contribution in [0.4, 0.5) is 0 Å². The van der Waals surface area contributed by atoms with Gasteiger partial charge >= 0.3 is 0 Å². The Hall–Kier alpha value is -2.78. The van der Waals surface area contributed by atoms with Crippen molar-refractivity contribution in [1.82, 2.24) is 4.98 Å². The molecule has 2 aromatic carbocycles. The summed E-state index contributed by atoms with van der Waals surface area (Å²) in [5.41, 5.74) is 10.5. The van der Waals surface area contributed by atoms with Gasteiger partial charge in [-0.25, -0.2) is 0 Å². The van der Waals surface area contributed by atoms with Gasteiger partial charge in [0, 0.05) is 18.3 Å². The second-order valence-electron chi connectivity index (χ2n) is 5.39. The first-order chi connectivity index (χ1) is 11.3. The van der Waals surface area contributed by atoms with Crippen molar-refractivity contribution in [3.05, 3.63) is 89.7 Å². The van der Waals surface area contributed by atoms with Gasteiger partial charge in [-0.05, 0) is 22.8 Å². The molecular weight excluding hydrogens is 284 g/mol. The van der Waals surface area contributed by atoms with Crippen molar-refractivity contribution in [3.8, 4) is 11.1 Å². The van der Waals surface area contributed by atoms with Crippen LogP contribution in [0.1, 0.15) is 22.7 Å². The molecule has 0 fully saturated rings. The number of rotatable bonds is 5. The zero-order valence-electron chi connectivity index (χ0n) is 12.7. The van der Waals surface area contributed by atoms with E-state index in [1.807, 2.05) is 72.9 Å². The normalized spacial score (nSPS) is 11.9. The number of carbonyl (C=O) groups excluding carboxylic acids is 1. The van der Waals surface area contributed by atoms with Crippen LogP contribution < -0.4 is 5.73 Å². The lowest BCUT2D eigenvalue weighted by Crippen LogP contribution is -2.02. The van der Waals surface area contributed by atoms with Crippen LogP contribution in [0.15, 0.2) is 72.9 Å². The summed E-state index contributed by atoms with van der Waals surface area (Å²) in [7, 11) is 0. The molecule has 3 rings (SSSR count). The Balaban J connectivity index is 1.87. The molecule has 114 valence electrons. The minimum Gasteiger partial charge on any atom is -0.325 e. The van der Waals surface area contributed by atoms with Gasteiger partial charge in [-0.1, -0.05) is 60.7 Å². The average Bonchev–Trinajstić information content (AvgIpc) is 2.64. The number of benzene rings is 2. The third-order valence-corrected chi connectivity index (χ3v) is 3.93. The number of nitrogens with zero attached hydrogens (tertiary/aromatic N) is 1. The summed E-state index contributed by atoms with van der Waals surface area (Å²) in [4.78, 5) is 15.8. The van der Waals surface area contributed by atoms with E-state index in [1.54, 1.807) is 0 Å². The quantitative estimate of drug-likeness (QED) is 0.733. The van der Waals surface area contributed by atoms with Crippen LogP contribution in [0.2, 0.25) is 0 Å². The van der Waals surface area contributed by atoms with Crippen molar-refractivity contribution in [1.29, 1.82) is 0 Å². The van der Waals surface area contributed by atoms with Crippen molar-refractivity contribution in [3.63, 3.8) is 0 Å². The Kier molecular flexibility index (Phi) is 4.60. The summed E-state index contributed by atoms with van der Waals surface area (Å²) in [5, 5.41) is 0. The third kappa shape index (κ3) is 3.35. The topological polar surface area (TPSA) is 56.0 Å². The number of carbonyl (C=O) groups is 1. The van der Waals surface area contributed by atoms with Crippen LogP contribution in [0.25, 0.3) is 11.1 Å². The highest BCUT2D eigenvalue weighted by molar-refractivity contribution is 5.70. The van der Waals surface area contributed by atoms with Crippen LogP contribution in [0.3, 0.4) is 0 Å². The van der Waals surface area contributed by atoms with Crippen LogP contribution in [-0.4, -0.2) is 11.3 Å². The van der Waals surface area contributed by atoms with Gasteiger partial charge in [0.2, 0.25) is 0 Å². The lowest BCUT2D eigenvalue weighted by molar-refractivity contribution is -0.108. The molecule has 0 bridgehead atoms. The summed E-state index contributed by atoms with van der Waals surface area (Å²) in [6.07, 6.45) is 2.81. The first kappa shape index (κ1) is 15.1. The van der Waals surface area contributed by atoms with E-state index >= 15 is 0 Å². The van der Waals surface area contributed by atoms with Crippen LogP contribution >= 0.6 is 0 Å². The zero-order chi connectivity index (χ0) is 16.1. The molecule has 0 spiro atoms. The number of hydrogen-bond donors (Lipinski definition) is 1. The molecule has 2 N–H and O–H groups in total. The predicted molar refractivity (Wildman–Crippen MR) is 91.9 cm³/mol. The van der Waals surface area contributed by atoms with Crippen LogP contribution in [-0.2, 0) is 11.3 Å². The summed E-state index contributed by atoms with van der Waals surface area (Å²) < 4.78 is 0. The van der Waals surface area contributed by atoms with Gasteiger partial charge < -0.3 is 10.5 Å². The van der Waals surface area contributed by atoms with Crippen molar-refractivity contribution >= 4 is 6.29 Å². The van der Waals surface area contributed by atoms with Gasteiger partial charge in [-0.2, -0.15) is 0 Å². The van der Waals surface area contributed by atoms with Crippen molar-refractivity contribution in [2.75, 3.05) is 0 Å². The number of hydrogen-bond acceptors (Lipinski definition) is 3. The number of aldehydes is 1. The SMILES string of the molecule is NCc1ccc(-c2ccc(C(C=O)c3ccccc3)cc2)cn1. The molecule has 1 heterocycles. The molecule has 0 amide bonds. The highest BCUT2D eigenvalue weighted by atomic mass is 16.1.